The van der Waals surface area contributed by atoms with Gasteiger partial charge in [-0.15, -0.1) is 0 Å². The number of carbonyl (C=O) groups excluding carboxylic acids is 1. The maximum atomic E-state index is 13.5. The minimum Gasteiger partial charge on any atom is -0.327 e. The van der Waals surface area contributed by atoms with Crippen LogP contribution in [0.4, 0.5) is 14.5 Å². The molecular weight excluding hydrogens is 306 g/mol. The van der Waals surface area contributed by atoms with E-state index in [0.29, 0.717) is 6.42 Å². The number of nitrogens with one attached hydrogen (secondary N) is 1. The van der Waals surface area contributed by atoms with Gasteiger partial charge >= 0.3 is 0 Å². The lowest BCUT2D eigenvalue weighted by atomic mass is 10.0. The maximum Gasteiger partial charge on any atom is 0.229 e. The van der Waals surface area contributed by atoms with Crippen molar-refractivity contribution in [2.75, 3.05) is 5.32 Å². The number of hydrogen-bond acceptors (Lipinski definition) is 2. The fourth-order valence-electron chi connectivity index (χ4n) is 2.19. The number of nitrogens with two attached hydrogens (primary N) is 1. The lowest BCUT2D eigenvalue weighted by molar-refractivity contribution is -0.120. The summed E-state index contributed by atoms with van der Waals surface area (Å²) in [5.41, 5.74) is 5.36. The Morgan fingerprint density at radius 1 is 1.33 bits per heavy atom. The molecule has 3 nitrogen and oxygen atoms in total. The third-order valence-corrected chi connectivity index (χ3v) is 3.62. The van der Waals surface area contributed by atoms with Crippen LogP contribution in [0.25, 0.3) is 0 Å². The first-order valence-corrected chi connectivity index (χ1v) is 6.49. The number of rotatable bonds is 2. The molecule has 2 unspecified atom stereocenters. The molecule has 2 rings (SSSR count). The summed E-state index contributed by atoms with van der Waals surface area (Å²) in [6.07, 6.45) is 2.29. The van der Waals surface area contributed by atoms with Crippen LogP contribution >= 0.6 is 15.9 Å². The van der Waals surface area contributed by atoms with Crippen LogP contribution in [0.15, 0.2) is 16.6 Å². The largest absolute Gasteiger partial charge is 0.327 e. The molecule has 0 spiro atoms. The summed E-state index contributed by atoms with van der Waals surface area (Å²) in [6.45, 7) is 0. The van der Waals surface area contributed by atoms with Gasteiger partial charge in [0.05, 0.1) is 5.92 Å². The topological polar surface area (TPSA) is 55.1 Å². The van der Waals surface area contributed by atoms with Crippen molar-refractivity contribution in [2.45, 2.75) is 25.3 Å². The molecule has 1 saturated carbocycles. The molecule has 1 aliphatic carbocycles. The van der Waals surface area contributed by atoms with Crippen molar-refractivity contribution in [2.24, 2.45) is 11.7 Å². The van der Waals surface area contributed by atoms with Crippen molar-refractivity contribution < 1.29 is 13.6 Å². The van der Waals surface area contributed by atoms with E-state index in [1.807, 2.05) is 0 Å². The SMILES string of the molecule is NC1CCCC1C(=O)Nc1c(F)cc(Br)cc1F. The Morgan fingerprint density at radius 3 is 2.44 bits per heavy atom. The highest BCUT2D eigenvalue weighted by molar-refractivity contribution is 9.10. The van der Waals surface area contributed by atoms with Gasteiger partial charge in [0.1, 0.15) is 5.69 Å². The van der Waals surface area contributed by atoms with Crippen molar-refractivity contribution in [3.63, 3.8) is 0 Å². The van der Waals surface area contributed by atoms with Crippen LogP contribution in [-0.4, -0.2) is 11.9 Å². The van der Waals surface area contributed by atoms with Crippen molar-refractivity contribution in [1.29, 1.82) is 0 Å². The van der Waals surface area contributed by atoms with Crippen molar-refractivity contribution in [1.82, 2.24) is 0 Å². The molecule has 18 heavy (non-hydrogen) atoms. The highest BCUT2D eigenvalue weighted by Gasteiger charge is 2.31. The molecule has 0 radical (unpaired) electrons. The Kier molecular flexibility index (Phi) is 3.97. The predicted molar refractivity (Wildman–Crippen MR) is 68.0 cm³/mol. The molecule has 0 aliphatic heterocycles. The zero-order valence-electron chi connectivity index (χ0n) is 9.55. The van der Waals surface area contributed by atoms with Gasteiger partial charge in [0.25, 0.3) is 0 Å². The molecule has 0 bridgehead atoms. The third-order valence-electron chi connectivity index (χ3n) is 3.16. The van der Waals surface area contributed by atoms with Gasteiger partial charge in [0.2, 0.25) is 5.91 Å². The first-order valence-electron chi connectivity index (χ1n) is 5.70. The molecule has 0 saturated heterocycles. The van der Waals surface area contributed by atoms with Gasteiger partial charge in [-0.05, 0) is 25.0 Å². The highest BCUT2D eigenvalue weighted by Crippen LogP contribution is 2.28. The monoisotopic (exact) mass is 318 g/mol. The Balaban J connectivity index is 2.17. The van der Waals surface area contributed by atoms with E-state index in [0.717, 1.165) is 25.0 Å². The Hall–Kier alpha value is -1.01. The van der Waals surface area contributed by atoms with Crippen LogP contribution in [0.5, 0.6) is 0 Å². The van der Waals surface area contributed by atoms with E-state index < -0.39 is 23.2 Å². The molecule has 2 atom stereocenters. The van der Waals surface area contributed by atoms with E-state index in [1.54, 1.807) is 0 Å². The van der Waals surface area contributed by atoms with Crippen LogP contribution in [0.1, 0.15) is 19.3 Å². The number of hydrogen-bond donors (Lipinski definition) is 2. The number of benzene rings is 1. The van der Waals surface area contributed by atoms with Crippen LogP contribution in [0.2, 0.25) is 0 Å². The first kappa shape index (κ1) is 13.4. The summed E-state index contributed by atoms with van der Waals surface area (Å²) in [5.74, 6) is -2.39. The van der Waals surface area contributed by atoms with Gasteiger partial charge in [0.15, 0.2) is 11.6 Å². The van der Waals surface area contributed by atoms with Crippen molar-refractivity contribution in [3.05, 3.63) is 28.2 Å². The smallest absolute Gasteiger partial charge is 0.229 e. The molecule has 1 aromatic rings. The highest BCUT2D eigenvalue weighted by atomic mass is 79.9. The van der Waals surface area contributed by atoms with Crippen LogP contribution < -0.4 is 11.1 Å². The quantitative estimate of drug-likeness (QED) is 0.881. The number of halogens is 3. The van der Waals surface area contributed by atoms with Gasteiger partial charge in [-0.1, -0.05) is 22.4 Å². The third kappa shape index (κ3) is 2.70. The predicted octanol–water partition coefficient (Wildman–Crippen LogP) is 2.79. The van der Waals surface area contributed by atoms with Crippen LogP contribution in [0, 0.1) is 17.6 Å². The lowest BCUT2D eigenvalue weighted by Crippen LogP contribution is -2.34. The minimum atomic E-state index is -0.804. The Bertz CT molecular complexity index is 458. The van der Waals surface area contributed by atoms with Gasteiger partial charge < -0.3 is 11.1 Å². The van der Waals surface area contributed by atoms with Gasteiger partial charge in [-0.2, -0.15) is 0 Å². The summed E-state index contributed by atoms with van der Waals surface area (Å²) in [7, 11) is 0. The number of amides is 1. The second-order valence-electron chi connectivity index (χ2n) is 4.43. The van der Waals surface area contributed by atoms with Gasteiger partial charge in [0, 0.05) is 10.5 Å². The summed E-state index contributed by atoms with van der Waals surface area (Å²) >= 11 is 2.98. The van der Waals surface area contributed by atoms with E-state index in [1.165, 1.54) is 0 Å². The van der Waals surface area contributed by atoms with Crippen LogP contribution in [-0.2, 0) is 4.79 Å². The summed E-state index contributed by atoms with van der Waals surface area (Å²) in [4.78, 5) is 11.9. The average molecular weight is 319 g/mol. The van der Waals surface area contributed by atoms with Crippen LogP contribution in [0.3, 0.4) is 0 Å². The van der Waals surface area contributed by atoms with Gasteiger partial charge in [-0.3, -0.25) is 4.79 Å². The Morgan fingerprint density at radius 2 is 1.94 bits per heavy atom. The molecule has 6 heteroatoms. The fourth-order valence-corrected chi connectivity index (χ4v) is 2.59. The number of anilines is 1. The molecule has 1 aliphatic rings. The molecule has 0 aromatic heterocycles. The summed E-state index contributed by atoms with van der Waals surface area (Å²) in [6, 6.07) is 1.98. The van der Waals surface area contributed by atoms with E-state index >= 15 is 0 Å². The van der Waals surface area contributed by atoms with E-state index in [-0.39, 0.29) is 16.4 Å². The zero-order valence-corrected chi connectivity index (χ0v) is 11.1. The Labute approximate surface area is 112 Å². The first-order chi connectivity index (χ1) is 8.49. The van der Waals surface area contributed by atoms with E-state index in [9.17, 15) is 13.6 Å². The average Bonchev–Trinajstić information content (AvgIpc) is 2.69. The van der Waals surface area contributed by atoms with Crippen molar-refractivity contribution in [3.8, 4) is 0 Å². The molecule has 1 amide bonds. The molecule has 98 valence electrons. The normalized spacial score (nSPS) is 23.1. The van der Waals surface area contributed by atoms with Gasteiger partial charge in [-0.25, -0.2) is 8.78 Å². The molecule has 0 heterocycles. The minimum absolute atomic E-state index is 0.230. The molecular formula is C12H13BrF2N2O. The zero-order chi connectivity index (χ0) is 13.3. The lowest BCUT2D eigenvalue weighted by Gasteiger charge is -2.16. The fraction of sp³-hybridized carbons (Fsp3) is 0.417. The van der Waals surface area contributed by atoms with E-state index in [2.05, 4.69) is 21.2 Å². The second kappa shape index (κ2) is 5.32. The number of carbonyl (C=O) groups is 1. The summed E-state index contributed by atoms with van der Waals surface area (Å²) < 4.78 is 27.4. The standard InChI is InChI=1S/C12H13BrF2N2O/c13-6-4-8(14)11(9(15)5-6)17-12(18)7-2-1-3-10(7)16/h4-5,7,10H,1-3,16H2,(H,17,18). The molecule has 1 aromatic carbocycles. The molecule has 3 N–H and O–H groups in total. The molecule has 1 fully saturated rings. The summed E-state index contributed by atoms with van der Waals surface area (Å²) in [5, 5.41) is 2.29. The maximum absolute atomic E-state index is 13.5. The van der Waals surface area contributed by atoms with Crippen molar-refractivity contribution >= 4 is 27.5 Å². The second-order valence-corrected chi connectivity index (χ2v) is 5.35. The van der Waals surface area contributed by atoms with E-state index in [4.69, 9.17) is 5.73 Å².